The van der Waals surface area contributed by atoms with Crippen LogP contribution in [0.4, 0.5) is 5.69 Å². The second kappa shape index (κ2) is 8.31. The maximum atomic E-state index is 14.1. The van der Waals surface area contributed by atoms with Crippen LogP contribution in [0.3, 0.4) is 0 Å². The normalized spacial score (nSPS) is 28.0. The van der Waals surface area contributed by atoms with Crippen LogP contribution in [-0.4, -0.2) is 18.4 Å². The molecule has 0 spiro atoms. The molecule has 178 valence electrons. The lowest BCUT2D eigenvalue weighted by molar-refractivity contribution is -0.122. The number of amides is 2. The zero-order chi connectivity index (χ0) is 24.4. The first-order chi connectivity index (χ1) is 16.9. The van der Waals surface area contributed by atoms with E-state index in [-0.39, 0.29) is 11.8 Å². The number of hydrogen-bond acceptors (Lipinski definition) is 3. The Morgan fingerprint density at radius 1 is 0.743 bits per heavy atom. The Morgan fingerprint density at radius 2 is 1.20 bits per heavy atom. The molecule has 2 atom stereocenters. The quantitative estimate of drug-likeness (QED) is 0.182. The van der Waals surface area contributed by atoms with Crippen LogP contribution in [0, 0.1) is 11.8 Å². The summed E-state index contributed by atoms with van der Waals surface area (Å²) in [5, 5.41) is 0. The van der Waals surface area contributed by atoms with Crippen LogP contribution in [0.2, 0.25) is 0 Å². The van der Waals surface area contributed by atoms with Crippen LogP contribution in [0.15, 0.2) is 72.8 Å². The summed E-state index contributed by atoms with van der Waals surface area (Å²) in [6, 6.07) is 23.6. The maximum Gasteiger partial charge on any atom is 0.239 e. The van der Waals surface area contributed by atoms with Crippen molar-refractivity contribution in [2.75, 3.05) is 11.5 Å². The predicted molar refractivity (Wildman–Crippen MR) is 143 cm³/mol. The van der Waals surface area contributed by atoms with Gasteiger partial charge in [0.1, 0.15) is 5.75 Å². The zero-order valence-corrected chi connectivity index (χ0v) is 22.5. The fraction of sp³-hybridized carbons (Fsp3) is 0.310. The molecule has 3 aliphatic carbocycles. The first-order valence-electron chi connectivity index (χ1n) is 12.1. The standard InChI is InChI=1S/C29H25Br2NO3/c1-2-3-8-17-35-19-15-13-18(14-16-19)32-26(33)24-25(27(32)34)29(31)21-10-5-4-9-20(21)28(24,30)22-11-6-7-12-23(22)29/h4-7,9-16,24-25H,2-3,8,17H2,1H3/t24-,25?,28?,29?/m1/s1. The molecule has 4 nitrogen and oxygen atoms in total. The lowest BCUT2D eigenvalue weighted by atomic mass is 9.54. The molecule has 1 fully saturated rings. The summed E-state index contributed by atoms with van der Waals surface area (Å²) >= 11 is 8.08. The van der Waals surface area contributed by atoms with Crippen LogP contribution in [-0.2, 0) is 18.2 Å². The molecule has 7 rings (SSSR count). The average Bonchev–Trinajstić information content (AvgIpc) is 3.16. The molecule has 0 aromatic heterocycles. The number of alkyl halides is 2. The largest absolute Gasteiger partial charge is 0.494 e. The van der Waals surface area contributed by atoms with E-state index in [0.29, 0.717) is 12.3 Å². The summed E-state index contributed by atoms with van der Waals surface area (Å²) in [4.78, 5) is 29.5. The summed E-state index contributed by atoms with van der Waals surface area (Å²) in [5.41, 5.74) is 4.73. The number of carbonyl (C=O) groups excluding carboxylic acids is 2. The van der Waals surface area contributed by atoms with Gasteiger partial charge in [0.2, 0.25) is 11.8 Å². The third kappa shape index (κ3) is 3.02. The van der Waals surface area contributed by atoms with Crippen molar-refractivity contribution in [3.8, 4) is 5.75 Å². The molecule has 4 aliphatic rings. The summed E-state index contributed by atoms with van der Waals surface area (Å²) in [6.07, 6.45) is 3.28. The number of hydrogen-bond donors (Lipinski definition) is 0. The minimum Gasteiger partial charge on any atom is -0.494 e. The average molecular weight is 595 g/mol. The smallest absolute Gasteiger partial charge is 0.239 e. The Morgan fingerprint density at radius 3 is 1.63 bits per heavy atom. The van der Waals surface area contributed by atoms with Crippen LogP contribution < -0.4 is 9.64 Å². The van der Waals surface area contributed by atoms with Crippen molar-refractivity contribution in [2.24, 2.45) is 11.8 Å². The molecule has 1 heterocycles. The van der Waals surface area contributed by atoms with Crippen LogP contribution in [0.1, 0.15) is 48.4 Å². The molecule has 1 saturated heterocycles. The number of benzene rings is 3. The number of rotatable bonds is 6. The van der Waals surface area contributed by atoms with E-state index in [1.165, 1.54) is 4.90 Å². The molecule has 1 aliphatic heterocycles. The topological polar surface area (TPSA) is 46.6 Å². The highest BCUT2D eigenvalue weighted by Gasteiger charge is 2.72. The molecule has 0 N–H and O–H groups in total. The van der Waals surface area contributed by atoms with E-state index in [1.54, 1.807) is 0 Å². The molecule has 2 amide bonds. The fourth-order valence-corrected chi connectivity index (χ4v) is 8.46. The van der Waals surface area contributed by atoms with E-state index in [2.05, 4.69) is 63.0 Å². The predicted octanol–water partition coefficient (Wildman–Crippen LogP) is 6.67. The van der Waals surface area contributed by atoms with Crippen molar-refractivity contribution >= 4 is 49.4 Å². The molecule has 0 radical (unpaired) electrons. The van der Waals surface area contributed by atoms with Crippen molar-refractivity contribution < 1.29 is 14.3 Å². The van der Waals surface area contributed by atoms with Gasteiger partial charge in [0, 0.05) is 0 Å². The third-order valence-electron chi connectivity index (χ3n) is 7.70. The minimum atomic E-state index is -0.774. The second-order valence-corrected chi connectivity index (χ2v) is 12.0. The van der Waals surface area contributed by atoms with E-state index in [9.17, 15) is 9.59 Å². The molecule has 2 bridgehead atoms. The van der Waals surface area contributed by atoms with Gasteiger partial charge in [-0.1, -0.05) is 100 Å². The molecule has 1 unspecified atom stereocenters. The summed E-state index contributed by atoms with van der Waals surface area (Å²) in [5.74, 6) is -0.744. The zero-order valence-electron chi connectivity index (χ0n) is 19.3. The van der Waals surface area contributed by atoms with Gasteiger partial charge in [-0.25, -0.2) is 4.90 Å². The molecule has 0 saturated carbocycles. The van der Waals surface area contributed by atoms with Gasteiger partial charge < -0.3 is 4.74 Å². The van der Waals surface area contributed by atoms with Crippen LogP contribution >= 0.6 is 31.9 Å². The Bertz CT molecular complexity index is 1210. The number of carbonyl (C=O) groups is 2. The third-order valence-corrected chi connectivity index (χ3v) is 10.4. The van der Waals surface area contributed by atoms with Gasteiger partial charge in [-0.2, -0.15) is 0 Å². The highest BCUT2D eigenvalue weighted by molar-refractivity contribution is 9.10. The lowest BCUT2D eigenvalue weighted by Gasteiger charge is -2.55. The number of ether oxygens (including phenoxy) is 1. The van der Waals surface area contributed by atoms with E-state index < -0.39 is 20.5 Å². The first kappa shape index (κ1) is 23.0. The van der Waals surface area contributed by atoms with Gasteiger partial charge >= 0.3 is 0 Å². The molecular weight excluding hydrogens is 570 g/mol. The minimum absolute atomic E-state index is 0.179. The maximum absolute atomic E-state index is 14.1. The molecule has 6 heteroatoms. The SMILES string of the molecule is CCCCCOc1ccc(N2C(=O)C3[C@H](C2=O)C2(Br)c4ccccc4C3(Br)c3ccccc32)cc1. The number of unbranched alkanes of at least 4 members (excludes halogenated alkanes) is 2. The number of halogens is 2. The molecular formula is C29H25Br2NO3. The summed E-state index contributed by atoms with van der Waals surface area (Å²) < 4.78 is 4.28. The van der Waals surface area contributed by atoms with E-state index >= 15 is 0 Å². The van der Waals surface area contributed by atoms with Gasteiger partial charge in [0.25, 0.3) is 0 Å². The Kier molecular flexibility index (Phi) is 5.46. The van der Waals surface area contributed by atoms with Crippen LogP contribution in [0.5, 0.6) is 5.75 Å². The van der Waals surface area contributed by atoms with Crippen molar-refractivity contribution in [1.82, 2.24) is 0 Å². The number of imide groups is 1. The Labute approximate surface area is 221 Å². The van der Waals surface area contributed by atoms with E-state index in [4.69, 9.17) is 4.74 Å². The number of nitrogens with zero attached hydrogens (tertiary/aromatic N) is 1. The van der Waals surface area contributed by atoms with Gasteiger partial charge in [-0.05, 0) is 52.9 Å². The van der Waals surface area contributed by atoms with Crippen molar-refractivity contribution in [2.45, 2.75) is 34.8 Å². The number of anilines is 1. The van der Waals surface area contributed by atoms with Gasteiger partial charge in [-0.15, -0.1) is 0 Å². The van der Waals surface area contributed by atoms with Crippen LogP contribution in [0.25, 0.3) is 0 Å². The Balaban J connectivity index is 1.42. The molecule has 3 aromatic rings. The van der Waals surface area contributed by atoms with Gasteiger partial charge in [0.05, 0.1) is 32.8 Å². The lowest BCUT2D eigenvalue weighted by Crippen LogP contribution is -2.56. The highest BCUT2D eigenvalue weighted by atomic mass is 79.9. The van der Waals surface area contributed by atoms with Crippen molar-refractivity contribution in [3.05, 3.63) is 95.1 Å². The van der Waals surface area contributed by atoms with Gasteiger partial charge in [-0.3, -0.25) is 9.59 Å². The highest BCUT2D eigenvalue weighted by Crippen LogP contribution is 2.70. The first-order valence-corrected chi connectivity index (χ1v) is 13.7. The Hall–Kier alpha value is -2.44. The van der Waals surface area contributed by atoms with E-state index in [0.717, 1.165) is 47.3 Å². The van der Waals surface area contributed by atoms with Crippen molar-refractivity contribution in [1.29, 1.82) is 0 Å². The molecule has 35 heavy (non-hydrogen) atoms. The van der Waals surface area contributed by atoms with Gasteiger partial charge in [0.15, 0.2) is 0 Å². The summed E-state index contributed by atoms with van der Waals surface area (Å²) in [6.45, 7) is 2.82. The monoisotopic (exact) mass is 593 g/mol. The molecule has 3 aromatic carbocycles. The summed E-state index contributed by atoms with van der Waals surface area (Å²) in [7, 11) is 0. The van der Waals surface area contributed by atoms with Crippen molar-refractivity contribution in [3.63, 3.8) is 0 Å². The second-order valence-electron chi connectivity index (χ2n) is 9.53. The van der Waals surface area contributed by atoms with E-state index in [1.807, 2.05) is 48.5 Å². The fourth-order valence-electron chi connectivity index (χ4n) is 6.16.